The topological polar surface area (TPSA) is 86.8 Å². The van der Waals surface area contributed by atoms with E-state index in [0.717, 1.165) is 43.9 Å². The Morgan fingerprint density at radius 2 is 1.70 bits per heavy atom. The summed E-state index contributed by atoms with van der Waals surface area (Å²) in [6.45, 7) is 3.65. The van der Waals surface area contributed by atoms with Gasteiger partial charge in [0.05, 0.1) is 11.9 Å². The number of halogens is 1. The molecular formula is C28H38FN3O4S. The molecule has 0 aliphatic heterocycles. The van der Waals surface area contributed by atoms with Gasteiger partial charge in [0.2, 0.25) is 21.8 Å². The van der Waals surface area contributed by atoms with Gasteiger partial charge in [-0.05, 0) is 51.3 Å². The minimum absolute atomic E-state index is 0.0212. The molecule has 1 saturated carbocycles. The summed E-state index contributed by atoms with van der Waals surface area (Å²) >= 11 is 0. The number of anilines is 1. The molecule has 1 fully saturated rings. The van der Waals surface area contributed by atoms with Gasteiger partial charge >= 0.3 is 0 Å². The number of carbonyl (C=O) groups is 2. The maximum atomic E-state index is 14.4. The lowest BCUT2D eigenvalue weighted by Crippen LogP contribution is -2.50. The number of hydrogen-bond acceptors (Lipinski definition) is 4. The van der Waals surface area contributed by atoms with Gasteiger partial charge in [-0.3, -0.25) is 13.9 Å². The largest absolute Gasteiger partial charge is 0.352 e. The van der Waals surface area contributed by atoms with Crippen LogP contribution in [-0.4, -0.2) is 50.0 Å². The molecule has 0 spiro atoms. The number of nitrogens with one attached hydrogen (secondary N) is 1. The van der Waals surface area contributed by atoms with Crippen LogP contribution in [0.3, 0.4) is 0 Å². The fourth-order valence-corrected chi connectivity index (χ4v) is 5.64. The molecule has 1 aliphatic carbocycles. The number of hydrogen-bond donors (Lipinski definition) is 1. The van der Waals surface area contributed by atoms with Crippen molar-refractivity contribution in [1.82, 2.24) is 10.2 Å². The second kappa shape index (κ2) is 13.0. The van der Waals surface area contributed by atoms with Crippen molar-refractivity contribution in [3.8, 4) is 0 Å². The Kier molecular flexibility index (Phi) is 10.1. The lowest BCUT2D eigenvalue weighted by Gasteiger charge is -2.31. The summed E-state index contributed by atoms with van der Waals surface area (Å²) in [5.41, 5.74) is 1.87. The Morgan fingerprint density at radius 3 is 2.32 bits per heavy atom. The van der Waals surface area contributed by atoms with E-state index in [4.69, 9.17) is 0 Å². The lowest BCUT2D eigenvalue weighted by atomic mass is 9.95. The van der Waals surface area contributed by atoms with Crippen LogP contribution in [0.4, 0.5) is 10.1 Å². The summed E-state index contributed by atoms with van der Waals surface area (Å²) in [6.07, 6.45) is 6.53. The van der Waals surface area contributed by atoms with Crippen LogP contribution in [0, 0.1) is 12.7 Å². The molecule has 0 bridgehead atoms. The third-order valence-corrected chi connectivity index (χ3v) is 8.09. The standard InChI is InChI=1S/C28H38FN3O4S/c1-21-15-17-25(18-16-21)32(37(3,35)36)19-9-14-27(33)31(20-23-10-7-8-13-26(23)29)22(2)28(34)30-24-11-5-4-6-12-24/h7-8,10,13,15-18,22,24H,4-6,9,11-12,14,19-20H2,1-3H3,(H,30,34)/t22-/m0/s1. The molecule has 0 saturated heterocycles. The van der Waals surface area contributed by atoms with Crippen LogP contribution in [0.2, 0.25) is 0 Å². The molecular weight excluding hydrogens is 493 g/mol. The maximum absolute atomic E-state index is 14.4. The van der Waals surface area contributed by atoms with Crippen LogP contribution >= 0.6 is 0 Å². The van der Waals surface area contributed by atoms with Crippen LogP contribution in [-0.2, 0) is 26.2 Å². The number of aryl methyl sites for hydroxylation is 1. The van der Waals surface area contributed by atoms with Gasteiger partial charge in [-0.1, -0.05) is 55.2 Å². The van der Waals surface area contributed by atoms with Gasteiger partial charge in [-0.2, -0.15) is 0 Å². The summed E-state index contributed by atoms with van der Waals surface area (Å²) in [5, 5.41) is 3.06. The van der Waals surface area contributed by atoms with E-state index in [-0.39, 0.29) is 43.8 Å². The van der Waals surface area contributed by atoms with E-state index in [1.807, 2.05) is 19.1 Å². The zero-order valence-electron chi connectivity index (χ0n) is 22.0. The van der Waals surface area contributed by atoms with Gasteiger partial charge in [-0.15, -0.1) is 0 Å². The second-order valence-corrected chi connectivity index (χ2v) is 11.8. The number of benzene rings is 2. The first-order valence-electron chi connectivity index (χ1n) is 12.9. The van der Waals surface area contributed by atoms with Crippen LogP contribution in [0.25, 0.3) is 0 Å². The number of rotatable bonds is 11. The van der Waals surface area contributed by atoms with Crippen molar-refractivity contribution < 1.29 is 22.4 Å². The fraction of sp³-hybridized carbons (Fsp3) is 0.500. The second-order valence-electron chi connectivity index (χ2n) is 9.91. The summed E-state index contributed by atoms with van der Waals surface area (Å²) in [4.78, 5) is 27.8. The Bertz CT molecular complexity index is 1160. The SMILES string of the molecule is Cc1ccc(N(CCCC(=O)N(Cc2ccccc2F)[C@@H](C)C(=O)NC2CCCCC2)S(C)(=O)=O)cc1. The quantitative estimate of drug-likeness (QED) is 0.461. The molecule has 37 heavy (non-hydrogen) atoms. The van der Waals surface area contributed by atoms with E-state index in [1.165, 1.54) is 15.3 Å². The molecule has 2 amide bonds. The van der Waals surface area contributed by atoms with Crippen molar-refractivity contribution in [3.05, 3.63) is 65.5 Å². The van der Waals surface area contributed by atoms with E-state index < -0.39 is 21.9 Å². The van der Waals surface area contributed by atoms with E-state index in [0.29, 0.717) is 11.3 Å². The van der Waals surface area contributed by atoms with Gasteiger partial charge in [0.1, 0.15) is 11.9 Å². The minimum Gasteiger partial charge on any atom is -0.352 e. The first-order chi connectivity index (χ1) is 17.6. The number of carbonyl (C=O) groups excluding carboxylic acids is 2. The number of sulfonamides is 1. The zero-order chi connectivity index (χ0) is 27.0. The van der Waals surface area contributed by atoms with Crippen molar-refractivity contribution in [3.63, 3.8) is 0 Å². The van der Waals surface area contributed by atoms with Crippen LogP contribution in [0.1, 0.15) is 63.0 Å². The van der Waals surface area contributed by atoms with E-state index in [2.05, 4.69) is 5.32 Å². The van der Waals surface area contributed by atoms with Crippen LogP contribution in [0.15, 0.2) is 48.5 Å². The van der Waals surface area contributed by atoms with Crippen LogP contribution in [0.5, 0.6) is 0 Å². The molecule has 2 aromatic rings. The average molecular weight is 532 g/mol. The Hall–Kier alpha value is -2.94. The summed E-state index contributed by atoms with van der Waals surface area (Å²) < 4.78 is 40.6. The summed E-state index contributed by atoms with van der Waals surface area (Å²) in [6, 6.07) is 12.6. The highest BCUT2D eigenvalue weighted by molar-refractivity contribution is 7.92. The Balaban J connectivity index is 1.72. The van der Waals surface area contributed by atoms with E-state index in [1.54, 1.807) is 37.3 Å². The average Bonchev–Trinajstić information content (AvgIpc) is 2.86. The molecule has 1 N–H and O–H groups in total. The molecule has 0 aromatic heterocycles. The number of nitrogens with zero attached hydrogens (tertiary/aromatic N) is 2. The molecule has 202 valence electrons. The van der Waals surface area contributed by atoms with Gasteiger partial charge in [0, 0.05) is 31.1 Å². The Morgan fingerprint density at radius 1 is 1.05 bits per heavy atom. The highest BCUT2D eigenvalue weighted by atomic mass is 32.2. The minimum atomic E-state index is -3.55. The predicted octanol–water partition coefficient (Wildman–Crippen LogP) is 4.55. The predicted molar refractivity (Wildman–Crippen MR) is 144 cm³/mol. The zero-order valence-corrected chi connectivity index (χ0v) is 22.8. The molecule has 0 unspecified atom stereocenters. The van der Waals surface area contributed by atoms with E-state index in [9.17, 15) is 22.4 Å². The van der Waals surface area contributed by atoms with Gasteiger partial charge in [0.15, 0.2) is 0 Å². The van der Waals surface area contributed by atoms with Crippen molar-refractivity contribution >= 4 is 27.5 Å². The third-order valence-electron chi connectivity index (χ3n) is 6.89. The summed E-state index contributed by atoms with van der Waals surface area (Å²) in [5.74, 6) is -1.02. The molecule has 1 aliphatic rings. The third kappa shape index (κ3) is 8.28. The highest BCUT2D eigenvalue weighted by Crippen LogP contribution is 2.21. The first-order valence-corrected chi connectivity index (χ1v) is 14.8. The van der Waals surface area contributed by atoms with Crippen molar-refractivity contribution in [2.24, 2.45) is 0 Å². The summed E-state index contributed by atoms with van der Waals surface area (Å²) in [7, 11) is -3.55. The molecule has 3 rings (SSSR count). The Labute approximate surface area is 220 Å². The molecule has 9 heteroatoms. The van der Waals surface area contributed by atoms with Gasteiger partial charge in [-0.25, -0.2) is 12.8 Å². The molecule has 7 nitrogen and oxygen atoms in total. The smallest absolute Gasteiger partial charge is 0.242 e. The molecule has 0 heterocycles. The molecule has 0 radical (unpaired) electrons. The van der Waals surface area contributed by atoms with E-state index >= 15 is 0 Å². The molecule has 2 aromatic carbocycles. The first kappa shape index (κ1) is 28.6. The van der Waals surface area contributed by atoms with Crippen molar-refractivity contribution in [2.45, 2.75) is 77.4 Å². The fourth-order valence-electron chi connectivity index (χ4n) is 4.68. The molecule has 1 atom stereocenters. The van der Waals surface area contributed by atoms with Crippen molar-refractivity contribution in [2.75, 3.05) is 17.1 Å². The highest BCUT2D eigenvalue weighted by Gasteiger charge is 2.29. The van der Waals surface area contributed by atoms with Crippen LogP contribution < -0.4 is 9.62 Å². The maximum Gasteiger partial charge on any atom is 0.242 e. The lowest BCUT2D eigenvalue weighted by molar-refractivity contribution is -0.141. The normalized spacial score (nSPS) is 15.1. The monoisotopic (exact) mass is 531 g/mol. The van der Waals surface area contributed by atoms with Gasteiger partial charge in [0.25, 0.3) is 0 Å². The number of amides is 2. The van der Waals surface area contributed by atoms with Gasteiger partial charge < -0.3 is 10.2 Å². The van der Waals surface area contributed by atoms with Crippen molar-refractivity contribution in [1.29, 1.82) is 0 Å².